The Hall–Kier alpha value is -8.98. The van der Waals surface area contributed by atoms with Crippen LogP contribution in [0.25, 0.3) is 72.0 Å². The monoisotopic (exact) mass is 926 g/mol. The normalized spacial score (nSPS) is 15.3. The molecule has 0 saturated carbocycles. The number of nitrogens with zero attached hydrogens (tertiary/aromatic N) is 2. The molecular weight excluding hydrogens is 881 g/mol. The van der Waals surface area contributed by atoms with E-state index in [1.54, 1.807) is 0 Å². The average molecular weight is 927 g/mol. The minimum absolute atomic E-state index is 0.192. The fourth-order valence-electron chi connectivity index (χ4n) is 15.2. The standard InChI is InChI=1S/C71H46N2/c1-69(2)56-26-10-3-19-46(56)52-37-35-43(40-63(52)69)72(44-36-38-53-51-24-8-13-29-59(51)70(64(53)41-44)57-27-11-4-20-47(57)48-21-5-12-28-58(48)70)45-39-55-54-25-9-17-33-66(54)73-67-34-18-16-32-62(67)71(65(42-45)68(55)73)60-30-14-6-22-49(60)50-23-7-15-31-61(50)71/h3-42H,1-2H3. The van der Waals surface area contributed by atoms with Crippen LogP contribution >= 0.6 is 0 Å². The van der Waals surface area contributed by atoms with Gasteiger partial charge in [-0.3, -0.25) is 0 Å². The van der Waals surface area contributed by atoms with Crippen molar-refractivity contribution < 1.29 is 0 Å². The Morgan fingerprint density at radius 3 is 1.22 bits per heavy atom. The topological polar surface area (TPSA) is 8.17 Å². The van der Waals surface area contributed by atoms with Gasteiger partial charge in [0.2, 0.25) is 0 Å². The van der Waals surface area contributed by atoms with Crippen molar-refractivity contribution in [3.05, 3.63) is 298 Å². The molecule has 0 saturated heterocycles. The molecule has 0 N–H and O–H groups in total. The SMILES string of the molecule is CC1(C)c2ccccc2-c2ccc(N(c3ccc4c(c3)C3(c5ccccc5-c5ccccc53)c3ccccc3-4)c3cc4c5c(c3)c3ccccc3n5-c3ccccc3C43c4ccccc4-c4ccccc43)cc21. The number of para-hydroxylation sites is 2. The van der Waals surface area contributed by atoms with Gasteiger partial charge in [0.25, 0.3) is 0 Å². The summed E-state index contributed by atoms with van der Waals surface area (Å²) in [6.45, 7) is 4.80. The maximum Gasteiger partial charge on any atom is 0.0755 e. The molecule has 12 aromatic rings. The van der Waals surface area contributed by atoms with Gasteiger partial charge in [-0.15, -0.1) is 0 Å². The van der Waals surface area contributed by atoms with Gasteiger partial charge in [0.15, 0.2) is 0 Å². The van der Waals surface area contributed by atoms with Crippen LogP contribution in [0.1, 0.15) is 69.5 Å². The van der Waals surface area contributed by atoms with Gasteiger partial charge in [-0.25, -0.2) is 0 Å². The molecule has 0 radical (unpaired) electrons. The van der Waals surface area contributed by atoms with Crippen molar-refractivity contribution in [2.45, 2.75) is 30.1 Å². The predicted molar refractivity (Wildman–Crippen MR) is 300 cm³/mol. The Labute approximate surface area is 424 Å². The molecule has 4 aliphatic carbocycles. The van der Waals surface area contributed by atoms with Crippen LogP contribution in [-0.2, 0) is 16.2 Å². The number of aromatic nitrogens is 1. The molecule has 2 spiro atoms. The lowest BCUT2D eigenvalue weighted by molar-refractivity contribution is 0.660. The molecule has 5 aliphatic rings. The Kier molecular flexibility index (Phi) is 7.45. The van der Waals surface area contributed by atoms with Gasteiger partial charge in [0, 0.05) is 33.2 Å². The first-order valence-electron chi connectivity index (χ1n) is 25.8. The van der Waals surface area contributed by atoms with Crippen LogP contribution < -0.4 is 4.90 Å². The van der Waals surface area contributed by atoms with Crippen molar-refractivity contribution in [1.29, 1.82) is 0 Å². The molecule has 0 fully saturated rings. The molecule has 2 heteroatoms. The summed E-state index contributed by atoms with van der Waals surface area (Å²) in [6.07, 6.45) is 0. The summed E-state index contributed by atoms with van der Waals surface area (Å²) in [5.74, 6) is 0. The van der Waals surface area contributed by atoms with E-state index in [9.17, 15) is 0 Å². The summed E-state index contributed by atoms with van der Waals surface area (Å²) >= 11 is 0. The fraction of sp³-hybridized carbons (Fsp3) is 0.0704. The van der Waals surface area contributed by atoms with Gasteiger partial charge >= 0.3 is 0 Å². The van der Waals surface area contributed by atoms with E-state index in [1.807, 2.05) is 0 Å². The summed E-state index contributed by atoms with van der Waals surface area (Å²) in [6, 6.07) is 92.9. The van der Waals surface area contributed by atoms with Crippen LogP contribution in [0.15, 0.2) is 243 Å². The number of rotatable bonds is 3. The summed E-state index contributed by atoms with van der Waals surface area (Å²) in [4.78, 5) is 2.60. The van der Waals surface area contributed by atoms with Crippen LogP contribution in [0.2, 0.25) is 0 Å². The quantitative estimate of drug-likeness (QED) is 0.171. The van der Waals surface area contributed by atoms with Crippen LogP contribution in [0, 0.1) is 0 Å². The summed E-state index contributed by atoms with van der Waals surface area (Å²) < 4.78 is 2.57. The zero-order valence-corrected chi connectivity index (χ0v) is 40.5. The highest BCUT2D eigenvalue weighted by molar-refractivity contribution is 6.14. The summed E-state index contributed by atoms with van der Waals surface area (Å²) in [5.41, 5.74) is 29.7. The van der Waals surface area contributed by atoms with Gasteiger partial charge in [0.1, 0.15) is 0 Å². The number of benzene rings is 11. The highest BCUT2D eigenvalue weighted by atomic mass is 15.1. The molecule has 2 nitrogen and oxygen atoms in total. The third-order valence-electron chi connectivity index (χ3n) is 18.0. The molecule has 340 valence electrons. The van der Waals surface area contributed by atoms with E-state index in [0.717, 1.165) is 17.1 Å². The Balaban J connectivity index is 1.01. The van der Waals surface area contributed by atoms with E-state index in [-0.39, 0.29) is 5.41 Å². The van der Waals surface area contributed by atoms with Gasteiger partial charge in [0.05, 0.1) is 27.6 Å². The molecular formula is C71H46N2. The lowest BCUT2D eigenvalue weighted by atomic mass is 9.65. The van der Waals surface area contributed by atoms with Crippen molar-refractivity contribution in [3.63, 3.8) is 0 Å². The second-order valence-corrected chi connectivity index (χ2v) is 21.5. The fourth-order valence-corrected chi connectivity index (χ4v) is 15.2. The van der Waals surface area contributed by atoms with Crippen LogP contribution in [0.5, 0.6) is 0 Å². The minimum atomic E-state index is -0.587. The van der Waals surface area contributed by atoms with E-state index in [1.165, 1.54) is 128 Å². The van der Waals surface area contributed by atoms with Crippen LogP contribution in [0.4, 0.5) is 17.1 Å². The van der Waals surface area contributed by atoms with Crippen LogP contribution in [0.3, 0.4) is 0 Å². The lowest BCUT2D eigenvalue weighted by Gasteiger charge is -2.40. The van der Waals surface area contributed by atoms with Crippen LogP contribution in [-0.4, -0.2) is 4.57 Å². The molecule has 1 aliphatic heterocycles. The first-order valence-corrected chi connectivity index (χ1v) is 25.8. The minimum Gasteiger partial charge on any atom is -0.310 e. The zero-order chi connectivity index (χ0) is 48.0. The first kappa shape index (κ1) is 39.7. The van der Waals surface area contributed by atoms with Crippen molar-refractivity contribution in [1.82, 2.24) is 4.57 Å². The molecule has 17 rings (SSSR count). The third kappa shape index (κ3) is 4.63. The van der Waals surface area contributed by atoms with E-state index < -0.39 is 10.8 Å². The molecule has 1 aromatic heterocycles. The van der Waals surface area contributed by atoms with E-state index in [2.05, 4.69) is 266 Å². The number of hydrogen-bond donors (Lipinski definition) is 0. The molecule has 0 amide bonds. The third-order valence-corrected chi connectivity index (χ3v) is 18.0. The van der Waals surface area contributed by atoms with E-state index >= 15 is 0 Å². The largest absolute Gasteiger partial charge is 0.310 e. The highest BCUT2D eigenvalue weighted by Gasteiger charge is 2.53. The van der Waals surface area contributed by atoms with Gasteiger partial charge in [-0.05, 0) is 149 Å². The summed E-state index contributed by atoms with van der Waals surface area (Å²) in [5, 5.41) is 2.50. The van der Waals surface area contributed by atoms with Crippen molar-refractivity contribution in [2.75, 3.05) is 4.90 Å². The lowest BCUT2D eigenvalue weighted by Crippen LogP contribution is -2.33. The highest BCUT2D eigenvalue weighted by Crippen LogP contribution is 2.65. The first-order chi connectivity index (χ1) is 36.0. The zero-order valence-electron chi connectivity index (χ0n) is 40.5. The average Bonchev–Trinajstić information content (AvgIpc) is 4.19. The molecule has 0 unspecified atom stereocenters. The Morgan fingerprint density at radius 1 is 0.288 bits per heavy atom. The molecule has 73 heavy (non-hydrogen) atoms. The van der Waals surface area contributed by atoms with E-state index in [0.29, 0.717) is 0 Å². The van der Waals surface area contributed by atoms with Gasteiger partial charge in [-0.1, -0.05) is 208 Å². The molecule has 11 aromatic carbocycles. The number of fused-ring (bicyclic) bond motifs is 25. The van der Waals surface area contributed by atoms with Crippen molar-refractivity contribution in [3.8, 4) is 50.2 Å². The molecule has 0 bridgehead atoms. The number of hydrogen-bond acceptors (Lipinski definition) is 1. The number of anilines is 3. The maximum atomic E-state index is 2.60. The molecule has 2 heterocycles. The second-order valence-electron chi connectivity index (χ2n) is 21.5. The van der Waals surface area contributed by atoms with Gasteiger partial charge < -0.3 is 9.47 Å². The van der Waals surface area contributed by atoms with Crippen molar-refractivity contribution >= 4 is 38.9 Å². The Bertz CT molecular complexity index is 4340. The molecule has 0 atom stereocenters. The predicted octanol–water partition coefficient (Wildman–Crippen LogP) is 17.6. The van der Waals surface area contributed by atoms with Gasteiger partial charge in [-0.2, -0.15) is 0 Å². The Morgan fingerprint density at radius 2 is 0.671 bits per heavy atom. The second kappa shape index (κ2) is 13.7. The maximum absolute atomic E-state index is 2.60. The summed E-state index contributed by atoms with van der Waals surface area (Å²) in [7, 11) is 0. The smallest absolute Gasteiger partial charge is 0.0755 e. The van der Waals surface area contributed by atoms with E-state index in [4.69, 9.17) is 0 Å². The van der Waals surface area contributed by atoms with Crippen molar-refractivity contribution in [2.24, 2.45) is 0 Å².